The molecule has 7 unspecified atom stereocenters. The molecule has 2 aromatic heterocycles. The molecule has 0 radical (unpaired) electrons. The Morgan fingerprint density at radius 2 is 2.03 bits per heavy atom. The lowest BCUT2D eigenvalue weighted by atomic mass is 10.1. The van der Waals surface area contributed by atoms with E-state index in [1.54, 1.807) is 4.57 Å². The third-order valence-electron chi connectivity index (χ3n) is 5.13. The van der Waals surface area contributed by atoms with E-state index in [4.69, 9.17) is 19.7 Å². The van der Waals surface area contributed by atoms with Gasteiger partial charge in [0.1, 0.15) is 24.1 Å². The highest BCUT2D eigenvalue weighted by Crippen LogP contribution is 2.63. The molecule has 0 aromatic carbocycles. The largest absolute Gasteiger partial charge is 0.382 e. The van der Waals surface area contributed by atoms with Gasteiger partial charge in [-0.15, -0.1) is 0 Å². The highest BCUT2D eigenvalue weighted by Gasteiger charge is 2.61. The van der Waals surface area contributed by atoms with Gasteiger partial charge in [-0.1, -0.05) is 12.2 Å². The van der Waals surface area contributed by atoms with Gasteiger partial charge in [-0.2, -0.15) is 0 Å². The number of nitrogens with two attached hydrogens (primary N) is 1. The highest BCUT2D eigenvalue weighted by molar-refractivity contribution is 8.46. The molecule has 0 bridgehead atoms. The average Bonchev–Trinajstić information content (AvgIpc) is 3.18. The average molecular weight is 465 g/mol. The summed E-state index contributed by atoms with van der Waals surface area (Å²) in [5.74, 6) is -0.278. The predicted octanol–water partition coefficient (Wildman–Crippen LogP) is 1.03. The summed E-state index contributed by atoms with van der Waals surface area (Å²) in [7, 11) is -2.85. The van der Waals surface area contributed by atoms with Gasteiger partial charge >= 0.3 is 7.60 Å². The number of thiol groups is 1. The minimum atomic E-state index is -4.29. The van der Waals surface area contributed by atoms with Crippen molar-refractivity contribution in [1.29, 1.82) is 0 Å². The smallest absolute Gasteiger partial charge is 0.328 e. The van der Waals surface area contributed by atoms with E-state index in [-0.39, 0.29) is 12.2 Å². The van der Waals surface area contributed by atoms with E-state index in [0.717, 1.165) is 0 Å². The first-order valence-electron chi connectivity index (χ1n) is 8.66. The molecule has 0 amide bonds. The molecule has 1 aliphatic carbocycles. The predicted molar refractivity (Wildman–Crippen MR) is 106 cm³/mol. The molecular formula is C14H21N5O7P2S. The van der Waals surface area contributed by atoms with Crippen LogP contribution in [0.2, 0.25) is 0 Å². The second-order valence-corrected chi connectivity index (χ2v) is 13.0. The topological polar surface area (TPSA) is 172 Å². The minimum Gasteiger partial charge on any atom is -0.382 e. The van der Waals surface area contributed by atoms with Crippen LogP contribution in [0.3, 0.4) is 0 Å². The normalized spacial score (nSPS) is 34.4. The monoisotopic (exact) mass is 465 g/mol. The Morgan fingerprint density at radius 1 is 1.31 bits per heavy atom. The lowest BCUT2D eigenvalue weighted by molar-refractivity contribution is -0.0525. The van der Waals surface area contributed by atoms with E-state index in [1.807, 2.05) is 0 Å². The summed E-state index contributed by atoms with van der Waals surface area (Å²) in [5, 5.41) is 0. The van der Waals surface area contributed by atoms with E-state index in [2.05, 4.69) is 27.2 Å². The van der Waals surface area contributed by atoms with Crippen molar-refractivity contribution in [2.75, 3.05) is 19.5 Å². The molecule has 0 spiro atoms. The molecule has 7 atom stereocenters. The number of imidazole rings is 1. The maximum atomic E-state index is 12.3. The molecule has 2 aromatic rings. The zero-order valence-electron chi connectivity index (χ0n) is 15.5. The summed E-state index contributed by atoms with van der Waals surface area (Å²) in [6.07, 6.45) is -0.170. The van der Waals surface area contributed by atoms with Gasteiger partial charge in [-0.05, 0) is 6.42 Å². The number of hydrogen-bond donors (Lipinski definition) is 4. The van der Waals surface area contributed by atoms with E-state index in [9.17, 15) is 18.9 Å². The van der Waals surface area contributed by atoms with Crippen LogP contribution in [0, 0.1) is 5.92 Å². The highest BCUT2D eigenvalue weighted by atomic mass is 32.7. The molecule has 15 heteroatoms. The fraction of sp³-hybridized carbons (Fsp3) is 0.643. The Kier molecular flexibility index (Phi) is 5.32. The molecule has 1 aliphatic heterocycles. The summed E-state index contributed by atoms with van der Waals surface area (Å²) in [6, 6.07) is 0. The number of aromatic nitrogens is 4. The lowest BCUT2D eigenvalue weighted by Crippen LogP contribution is -2.36. The number of nitrogen functional groups attached to an aromatic ring is 1. The first-order valence-corrected chi connectivity index (χ1v) is 13.6. The Balaban J connectivity index is 1.72. The van der Waals surface area contributed by atoms with Crippen LogP contribution in [0.15, 0.2) is 12.7 Å². The minimum absolute atomic E-state index is 0.197. The molecule has 4 N–H and O–H groups in total. The molecule has 2 aliphatic rings. The quantitative estimate of drug-likeness (QED) is 0.354. The van der Waals surface area contributed by atoms with E-state index >= 15 is 0 Å². The number of fused-ring (bicyclic) bond motifs is 1. The van der Waals surface area contributed by atoms with Gasteiger partial charge in [0.25, 0.3) is 6.57 Å². The molecule has 12 nitrogen and oxygen atoms in total. The third kappa shape index (κ3) is 3.98. The summed E-state index contributed by atoms with van der Waals surface area (Å²) in [5.41, 5.74) is 5.77. The molecule has 29 heavy (non-hydrogen) atoms. The SMILES string of the molecule is COC1C(OP(C)(=O)S)C(C2CC2P(=O)(O)O)OC1n1cnc2c(N)ncnc21. The van der Waals surface area contributed by atoms with Crippen LogP contribution in [0.4, 0.5) is 5.82 Å². The summed E-state index contributed by atoms with van der Waals surface area (Å²) >= 11 is 4.01. The Labute approximate surface area is 170 Å². The summed E-state index contributed by atoms with van der Waals surface area (Å²) in [6.45, 7) is -1.93. The zero-order chi connectivity index (χ0) is 21.1. The van der Waals surface area contributed by atoms with Crippen molar-refractivity contribution < 1.29 is 32.9 Å². The van der Waals surface area contributed by atoms with Crippen LogP contribution in [0.1, 0.15) is 12.6 Å². The zero-order valence-corrected chi connectivity index (χ0v) is 18.2. The van der Waals surface area contributed by atoms with E-state index in [0.29, 0.717) is 11.2 Å². The van der Waals surface area contributed by atoms with Crippen molar-refractivity contribution >= 4 is 43.4 Å². The molecule has 4 rings (SSSR count). The number of anilines is 1. The first kappa shape index (κ1) is 21.2. The number of nitrogens with zero attached hydrogens (tertiary/aromatic N) is 4. The standard InChI is InChI=1S/C14H21N5O7P2S/c1-24-11-10(26-27(2,20)29)9(6-3-7(6)28(21,22)23)25-14(11)19-5-18-8-12(15)16-4-17-13(8)19/h4-7,9-11,14H,3H2,1-2H3,(H,20,29)(H2,15,16,17)(H2,21,22,23). The van der Waals surface area contributed by atoms with Crippen LogP contribution in [0.25, 0.3) is 11.2 Å². The molecule has 3 heterocycles. The second-order valence-electron chi connectivity index (χ2n) is 7.20. The second kappa shape index (κ2) is 7.28. The molecule has 1 saturated heterocycles. The van der Waals surface area contributed by atoms with Gasteiger partial charge < -0.3 is 29.5 Å². The van der Waals surface area contributed by atoms with E-state index < -0.39 is 50.3 Å². The first-order chi connectivity index (χ1) is 13.5. The lowest BCUT2D eigenvalue weighted by Gasteiger charge is -2.25. The van der Waals surface area contributed by atoms with Crippen molar-refractivity contribution in [3.05, 3.63) is 12.7 Å². The number of methoxy groups -OCH3 is 1. The Hall–Kier alpha value is -1.04. The van der Waals surface area contributed by atoms with Crippen LogP contribution in [-0.4, -0.2) is 67.1 Å². The van der Waals surface area contributed by atoms with Gasteiger partial charge in [0, 0.05) is 19.7 Å². The van der Waals surface area contributed by atoms with Gasteiger partial charge in [0.2, 0.25) is 0 Å². The fourth-order valence-electron chi connectivity index (χ4n) is 3.83. The van der Waals surface area contributed by atoms with Crippen molar-refractivity contribution in [2.24, 2.45) is 5.92 Å². The summed E-state index contributed by atoms with van der Waals surface area (Å²) in [4.78, 5) is 31.3. The Morgan fingerprint density at radius 3 is 2.62 bits per heavy atom. The van der Waals surface area contributed by atoms with Crippen molar-refractivity contribution in [3.63, 3.8) is 0 Å². The van der Waals surface area contributed by atoms with Gasteiger partial charge in [0.05, 0.1) is 18.1 Å². The van der Waals surface area contributed by atoms with Crippen LogP contribution in [-0.2, 0) is 23.1 Å². The maximum absolute atomic E-state index is 12.3. The van der Waals surface area contributed by atoms with Gasteiger partial charge in [0.15, 0.2) is 17.7 Å². The Bertz CT molecular complexity index is 1020. The number of hydrogen-bond acceptors (Lipinski definition) is 9. The number of rotatable bonds is 6. The molecule has 1 saturated carbocycles. The van der Waals surface area contributed by atoms with E-state index in [1.165, 1.54) is 26.4 Å². The molecular weight excluding hydrogens is 444 g/mol. The van der Waals surface area contributed by atoms with Crippen molar-refractivity contribution in [1.82, 2.24) is 19.5 Å². The van der Waals surface area contributed by atoms with Crippen LogP contribution >= 0.6 is 26.4 Å². The van der Waals surface area contributed by atoms with Crippen LogP contribution in [0.5, 0.6) is 0 Å². The maximum Gasteiger partial charge on any atom is 0.328 e. The van der Waals surface area contributed by atoms with Crippen molar-refractivity contribution in [2.45, 2.75) is 36.6 Å². The van der Waals surface area contributed by atoms with Crippen LogP contribution < -0.4 is 5.73 Å². The number of ether oxygens (including phenoxy) is 2. The fourth-order valence-corrected chi connectivity index (χ4v) is 6.03. The van der Waals surface area contributed by atoms with Gasteiger partial charge in [-0.3, -0.25) is 13.7 Å². The van der Waals surface area contributed by atoms with Gasteiger partial charge in [-0.25, -0.2) is 15.0 Å². The third-order valence-corrected chi connectivity index (χ3v) is 7.51. The molecule has 160 valence electrons. The summed E-state index contributed by atoms with van der Waals surface area (Å²) < 4.78 is 42.9. The van der Waals surface area contributed by atoms with Crippen molar-refractivity contribution in [3.8, 4) is 0 Å². The molecule has 2 fully saturated rings.